The van der Waals surface area contributed by atoms with Crippen LogP contribution in [-0.4, -0.2) is 19.5 Å². The Balaban J connectivity index is 2.76. The van der Waals surface area contributed by atoms with Gasteiger partial charge in [-0.1, -0.05) is 13.8 Å². The molecule has 0 aliphatic heterocycles. The molecule has 0 aliphatic rings. The first-order chi connectivity index (χ1) is 8.45. The van der Waals surface area contributed by atoms with Crippen molar-refractivity contribution >= 4 is 11.6 Å². The SMILES string of the molecule is CNCC(C(=O)Nc1ccc(F)c(F)c1)C(C)C. The largest absolute Gasteiger partial charge is 0.326 e. The van der Waals surface area contributed by atoms with E-state index in [1.807, 2.05) is 13.8 Å². The number of benzene rings is 1. The Kier molecular flexibility index (Phi) is 5.22. The average Bonchev–Trinajstić information content (AvgIpc) is 2.30. The van der Waals surface area contributed by atoms with Gasteiger partial charge in [-0.2, -0.15) is 0 Å². The Hall–Kier alpha value is -1.49. The highest BCUT2D eigenvalue weighted by atomic mass is 19.2. The summed E-state index contributed by atoms with van der Waals surface area (Å²) < 4.78 is 25.7. The summed E-state index contributed by atoms with van der Waals surface area (Å²) in [7, 11) is 1.76. The van der Waals surface area contributed by atoms with Crippen molar-refractivity contribution in [1.82, 2.24) is 5.32 Å². The predicted molar refractivity (Wildman–Crippen MR) is 67.2 cm³/mol. The van der Waals surface area contributed by atoms with Crippen LogP contribution in [0.15, 0.2) is 18.2 Å². The average molecular weight is 256 g/mol. The number of hydrogen-bond acceptors (Lipinski definition) is 2. The second kappa shape index (κ2) is 6.44. The number of nitrogens with one attached hydrogen (secondary N) is 2. The highest BCUT2D eigenvalue weighted by Crippen LogP contribution is 2.16. The molecule has 1 amide bonds. The minimum absolute atomic E-state index is 0.155. The van der Waals surface area contributed by atoms with E-state index in [0.717, 1.165) is 12.1 Å². The van der Waals surface area contributed by atoms with Crippen molar-refractivity contribution in [2.24, 2.45) is 11.8 Å². The zero-order valence-electron chi connectivity index (χ0n) is 10.8. The van der Waals surface area contributed by atoms with Gasteiger partial charge in [-0.3, -0.25) is 4.79 Å². The number of anilines is 1. The quantitative estimate of drug-likeness (QED) is 0.849. The molecule has 5 heteroatoms. The van der Waals surface area contributed by atoms with E-state index in [4.69, 9.17) is 0 Å². The molecule has 0 radical (unpaired) electrons. The maximum atomic E-state index is 13.0. The first kappa shape index (κ1) is 14.6. The molecular weight excluding hydrogens is 238 g/mol. The van der Waals surface area contributed by atoms with Crippen LogP contribution in [0, 0.1) is 23.5 Å². The summed E-state index contributed by atoms with van der Waals surface area (Å²) in [5, 5.41) is 5.53. The van der Waals surface area contributed by atoms with E-state index < -0.39 is 11.6 Å². The van der Waals surface area contributed by atoms with E-state index in [1.54, 1.807) is 7.05 Å². The molecule has 100 valence electrons. The van der Waals surface area contributed by atoms with Crippen LogP contribution in [0.3, 0.4) is 0 Å². The number of carbonyl (C=O) groups is 1. The van der Waals surface area contributed by atoms with Gasteiger partial charge in [0.2, 0.25) is 5.91 Å². The molecule has 2 N–H and O–H groups in total. The fourth-order valence-corrected chi connectivity index (χ4v) is 1.66. The van der Waals surface area contributed by atoms with Crippen LogP contribution in [0.5, 0.6) is 0 Å². The summed E-state index contributed by atoms with van der Waals surface area (Å²) in [5.74, 6) is -2.16. The van der Waals surface area contributed by atoms with Gasteiger partial charge in [0.05, 0.1) is 5.92 Å². The lowest BCUT2D eigenvalue weighted by molar-refractivity contribution is -0.120. The Bertz CT molecular complexity index is 421. The van der Waals surface area contributed by atoms with E-state index in [0.29, 0.717) is 6.54 Å². The minimum atomic E-state index is -0.970. The molecule has 0 saturated carbocycles. The topological polar surface area (TPSA) is 41.1 Å². The standard InChI is InChI=1S/C13H18F2N2O/c1-8(2)10(7-16-3)13(18)17-9-4-5-11(14)12(15)6-9/h4-6,8,10,16H,7H2,1-3H3,(H,17,18). The fraction of sp³-hybridized carbons (Fsp3) is 0.462. The van der Waals surface area contributed by atoms with Gasteiger partial charge in [0.25, 0.3) is 0 Å². The van der Waals surface area contributed by atoms with Crippen LogP contribution in [-0.2, 0) is 4.79 Å². The Morgan fingerprint density at radius 1 is 1.28 bits per heavy atom. The molecule has 0 bridgehead atoms. The minimum Gasteiger partial charge on any atom is -0.326 e. The zero-order valence-corrected chi connectivity index (χ0v) is 10.8. The summed E-state index contributed by atoms with van der Waals surface area (Å²) in [6.07, 6.45) is 0. The monoisotopic (exact) mass is 256 g/mol. The molecule has 1 unspecified atom stereocenters. The van der Waals surface area contributed by atoms with Crippen LogP contribution < -0.4 is 10.6 Å². The maximum absolute atomic E-state index is 13.0. The summed E-state index contributed by atoms with van der Waals surface area (Å²) in [6.45, 7) is 4.41. The van der Waals surface area contributed by atoms with Crippen molar-refractivity contribution in [3.05, 3.63) is 29.8 Å². The van der Waals surface area contributed by atoms with E-state index in [-0.39, 0.29) is 23.4 Å². The van der Waals surface area contributed by atoms with Crippen molar-refractivity contribution < 1.29 is 13.6 Å². The number of carbonyl (C=O) groups excluding carboxylic acids is 1. The Morgan fingerprint density at radius 2 is 1.94 bits per heavy atom. The summed E-state index contributed by atoms with van der Waals surface area (Å²) in [6, 6.07) is 3.31. The third-order valence-corrected chi connectivity index (χ3v) is 2.75. The third kappa shape index (κ3) is 3.77. The van der Waals surface area contributed by atoms with Gasteiger partial charge in [0.1, 0.15) is 0 Å². The molecular formula is C13H18F2N2O. The van der Waals surface area contributed by atoms with Gasteiger partial charge >= 0.3 is 0 Å². The molecule has 1 aromatic rings. The molecule has 1 atom stereocenters. The third-order valence-electron chi connectivity index (χ3n) is 2.75. The van der Waals surface area contributed by atoms with Crippen LogP contribution in [0.4, 0.5) is 14.5 Å². The van der Waals surface area contributed by atoms with E-state index in [1.165, 1.54) is 6.07 Å². The second-order valence-electron chi connectivity index (χ2n) is 4.53. The van der Waals surface area contributed by atoms with Gasteiger partial charge in [-0.25, -0.2) is 8.78 Å². The summed E-state index contributed by atoms with van der Waals surface area (Å²) in [5.41, 5.74) is 0.264. The van der Waals surface area contributed by atoms with Gasteiger partial charge in [-0.15, -0.1) is 0 Å². The fourth-order valence-electron chi connectivity index (χ4n) is 1.66. The smallest absolute Gasteiger partial charge is 0.229 e. The molecule has 0 fully saturated rings. The van der Waals surface area contributed by atoms with Crippen molar-refractivity contribution in [2.45, 2.75) is 13.8 Å². The predicted octanol–water partition coefficient (Wildman–Crippen LogP) is 2.39. The number of amides is 1. The second-order valence-corrected chi connectivity index (χ2v) is 4.53. The van der Waals surface area contributed by atoms with E-state index >= 15 is 0 Å². The molecule has 1 aromatic carbocycles. The van der Waals surface area contributed by atoms with E-state index in [2.05, 4.69) is 10.6 Å². The molecule has 18 heavy (non-hydrogen) atoms. The van der Waals surface area contributed by atoms with Gasteiger partial charge in [0.15, 0.2) is 11.6 Å². The maximum Gasteiger partial charge on any atom is 0.229 e. The number of rotatable bonds is 5. The summed E-state index contributed by atoms with van der Waals surface area (Å²) >= 11 is 0. The molecule has 3 nitrogen and oxygen atoms in total. The Labute approximate surface area is 106 Å². The van der Waals surface area contributed by atoms with Crippen molar-refractivity contribution in [3.8, 4) is 0 Å². The summed E-state index contributed by atoms with van der Waals surface area (Å²) in [4.78, 5) is 12.0. The molecule has 0 aromatic heterocycles. The molecule has 0 heterocycles. The lowest BCUT2D eigenvalue weighted by Crippen LogP contribution is -2.34. The van der Waals surface area contributed by atoms with Crippen molar-refractivity contribution in [2.75, 3.05) is 18.9 Å². The highest BCUT2D eigenvalue weighted by molar-refractivity contribution is 5.92. The van der Waals surface area contributed by atoms with Gasteiger partial charge in [0, 0.05) is 18.3 Å². The first-order valence-electron chi connectivity index (χ1n) is 5.86. The number of hydrogen-bond donors (Lipinski definition) is 2. The molecule has 1 rings (SSSR count). The van der Waals surface area contributed by atoms with Gasteiger partial charge < -0.3 is 10.6 Å². The van der Waals surface area contributed by atoms with Crippen LogP contribution in [0.25, 0.3) is 0 Å². The van der Waals surface area contributed by atoms with Crippen molar-refractivity contribution in [1.29, 1.82) is 0 Å². The van der Waals surface area contributed by atoms with Crippen LogP contribution in [0.1, 0.15) is 13.8 Å². The van der Waals surface area contributed by atoms with E-state index in [9.17, 15) is 13.6 Å². The number of halogens is 2. The van der Waals surface area contributed by atoms with Crippen LogP contribution >= 0.6 is 0 Å². The normalized spacial score (nSPS) is 12.6. The van der Waals surface area contributed by atoms with Crippen molar-refractivity contribution in [3.63, 3.8) is 0 Å². The molecule has 0 spiro atoms. The molecule has 0 aliphatic carbocycles. The van der Waals surface area contributed by atoms with Gasteiger partial charge in [-0.05, 0) is 25.1 Å². The first-order valence-corrected chi connectivity index (χ1v) is 5.86. The lowest BCUT2D eigenvalue weighted by atomic mass is 9.95. The zero-order chi connectivity index (χ0) is 13.7. The highest BCUT2D eigenvalue weighted by Gasteiger charge is 2.21. The molecule has 0 saturated heterocycles. The Morgan fingerprint density at radius 3 is 2.44 bits per heavy atom. The lowest BCUT2D eigenvalue weighted by Gasteiger charge is -2.19. The van der Waals surface area contributed by atoms with Crippen LogP contribution in [0.2, 0.25) is 0 Å².